The van der Waals surface area contributed by atoms with Crippen LogP contribution in [0.5, 0.6) is 0 Å². The summed E-state index contributed by atoms with van der Waals surface area (Å²) in [5, 5.41) is 18.0. The second-order valence-corrected chi connectivity index (χ2v) is 5.35. The molecule has 0 aromatic heterocycles. The van der Waals surface area contributed by atoms with Crippen molar-refractivity contribution in [1.82, 2.24) is 0 Å². The summed E-state index contributed by atoms with van der Waals surface area (Å²) in [6, 6.07) is 0. The Bertz CT molecular complexity index is 275. The Morgan fingerprint density at radius 2 is 1.47 bits per heavy atom. The van der Waals surface area contributed by atoms with Crippen LogP contribution < -0.4 is 0 Å². The second kappa shape index (κ2) is 9.82. The van der Waals surface area contributed by atoms with Crippen LogP contribution in [0.3, 0.4) is 0 Å². The zero-order valence-corrected chi connectivity index (χ0v) is 12.3. The molecule has 0 aliphatic rings. The molecule has 0 aliphatic heterocycles. The predicted octanol–water partition coefficient (Wildman–Crippen LogP) is 4.08. The third-order valence-electron chi connectivity index (χ3n) is 3.94. The number of hydrogen-bond acceptors (Lipinski definition) is 2. The molecule has 0 saturated heterocycles. The minimum absolute atomic E-state index is 0.216. The number of carboxylic acid groups (broad SMARTS) is 2. The molecule has 0 spiro atoms. The third-order valence-corrected chi connectivity index (χ3v) is 3.94. The molecule has 0 radical (unpaired) electrons. The zero-order valence-electron chi connectivity index (χ0n) is 12.3. The molecule has 112 valence electrons. The molecule has 4 nitrogen and oxygen atoms in total. The fourth-order valence-corrected chi connectivity index (χ4v) is 2.45. The summed E-state index contributed by atoms with van der Waals surface area (Å²) in [6.45, 7) is 4.03. The Morgan fingerprint density at radius 1 is 0.895 bits per heavy atom. The Labute approximate surface area is 116 Å². The summed E-state index contributed by atoms with van der Waals surface area (Å²) in [7, 11) is 0. The van der Waals surface area contributed by atoms with Crippen molar-refractivity contribution in [2.75, 3.05) is 0 Å². The minimum Gasteiger partial charge on any atom is -0.481 e. The van der Waals surface area contributed by atoms with Gasteiger partial charge >= 0.3 is 11.9 Å². The smallest absolute Gasteiger partial charge is 0.309 e. The maximum atomic E-state index is 11.5. The van der Waals surface area contributed by atoms with Crippen molar-refractivity contribution >= 4 is 11.9 Å². The highest BCUT2D eigenvalue weighted by Gasteiger charge is 2.35. The highest BCUT2D eigenvalue weighted by molar-refractivity contribution is 5.74. The Hall–Kier alpha value is -1.06. The van der Waals surface area contributed by atoms with Gasteiger partial charge < -0.3 is 10.2 Å². The van der Waals surface area contributed by atoms with E-state index in [1.54, 1.807) is 0 Å². The van der Waals surface area contributed by atoms with Crippen molar-refractivity contribution in [3.63, 3.8) is 0 Å². The van der Waals surface area contributed by atoms with Gasteiger partial charge in [0.05, 0.1) is 5.41 Å². The number of unbranched alkanes of at least 4 members (excludes halogenated alkanes) is 4. The number of carbonyl (C=O) groups is 2. The molecule has 0 rings (SSSR count). The van der Waals surface area contributed by atoms with Crippen LogP contribution >= 0.6 is 0 Å². The Morgan fingerprint density at radius 3 is 1.95 bits per heavy atom. The first-order chi connectivity index (χ1) is 8.98. The van der Waals surface area contributed by atoms with Gasteiger partial charge in [-0.25, -0.2) is 0 Å². The van der Waals surface area contributed by atoms with E-state index in [1.807, 2.05) is 6.92 Å². The first-order valence-electron chi connectivity index (χ1n) is 7.43. The molecule has 2 N–H and O–H groups in total. The molecule has 0 heterocycles. The normalized spacial score (nSPS) is 14.0. The summed E-state index contributed by atoms with van der Waals surface area (Å²) in [5.74, 6) is -1.43. The fraction of sp³-hybridized carbons (Fsp3) is 0.867. The molecular formula is C15H28O4. The highest BCUT2D eigenvalue weighted by Crippen LogP contribution is 2.35. The number of hydrogen-bond donors (Lipinski definition) is 2. The van der Waals surface area contributed by atoms with E-state index in [2.05, 4.69) is 6.92 Å². The van der Waals surface area contributed by atoms with Crippen LogP contribution in [-0.2, 0) is 9.59 Å². The SMILES string of the molecule is CCCCC(CC)(CCCCCCC(=O)O)C(=O)O. The van der Waals surface area contributed by atoms with Gasteiger partial charge in [0.1, 0.15) is 0 Å². The standard InChI is InChI=1S/C15H28O4/c1-3-5-11-15(4-2,14(18)19)12-9-7-6-8-10-13(16)17/h3-12H2,1-2H3,(H,16,17)(H,18,19). The van der Waals surface area contributed by atoms with E-state index in [-0.39, 0.29) is 6.42 Å². The van der Waals surface area contributed by atoms with Crippen LogP contribution in [0.25, 0.3) is 0 Å². The zero-order chi connectivity index (χ0) is 14.7. The van der Waals surface area contributed by atoms with Crippen LogP contribution in [-0.4, -0.2) is 22.2 Å². The fourth-order valence-electron chi connectivity index (χ4n) is 2.45. The van der Waals surface area contributed by atoms with Crippen LogP contribution in [0, 0.1) is 5.41 Å². The van der Waals surface area contributed by atoms with Crippen LogP contribution in [0.15, 0.2) is 0 Å². The monoisotopic (exact) mass is 272 g/mol. The lowest BCUT2D eigenvalue weighted by Crippen LogP contribution is -2.30. The quantitative estimate of drug-likeness (QED) is 0.525. The molecule has 1 unspecified atom stereocenters. The van der Waals surface area contributed by atoms with Gasteiger partial charge in [0.25, 0.3) is 0 Å². The molecular weight excluding hydrogens is 244 g/mol. The lowest BCUT2D eigenvalue weighted by atomic mass is 9.76. The van der Waals surface area contributed by atoms with Crippen molar-refractivity contribution < 1.29 is 19.8 Å². The van der Waals surface area contributed by atoms with E-state index in [1.165, 1.54) is 0 Å². The number of carboxylic acids is 2. The predicted molar refractivity (Wildman–Crippen MR) is 75.2 cm³/mol. The largest absolute Gasteiger partial charge is 0.481 e. The molecule has 0 aromatic rings. The minimum atomic E-state index is -0.753. The van der Waals surface area contributed by atoms with E-state index in [0.717, 1.165) is 38.5 Å². The van der Waals surface area contributed by atoms with E-state index >= 15 is 0 Å². The molecule has 4 heteroatoms. The van der Waals surface area contributed by atoms with Crippen molar-refractivity contribution in [2.24, 2.45) is 5.41 Å². The van der Waals surface area contributed by atoms with Crippen LogP contribution in [0.4, 0.5) is 0 Å². The summed E-state index contributed by atoms with van der Waals surface area (Å²) >= 11 is 0. The summed E-state index contributed by atoms with van der Waals surface area (Å²) in [4.78, 5) is 21.9. The number of aliphatic carboxylic acids is 2. The first-order valence-corrected chi connectivity index (χ1v) is 7.43. The van der Waals surface area contributed by atoms with Gasteiger partial charge in [0, 0.05) is 6.42 Å². The third kappa shape index (κ3) is 7.19. The van der Waals surface area contributed by atoms with E-state index < -0.39 is 17.4 Å². The van der Waals surface area contributed by atoms with E-state index in [4.69, 9.17) is 5.11 Å². The molecule has 0 aromatic carbocycles. The molecule has 1 atom stereocenters. The molecule has 0 aliphatic carbocycles. The Balaban J connectivity index is 4.05. The van der Waals surface area contributed by atoms with Crippen molar-refractivity contribution in [1.29, 1.82) is 0 Å². The summed E-state index contributed by atoms with van der Waals surface area (Å²) in [6.07, 6.45) is 7.71. The summed E-state index contributed by atoms with van der Waals surface area (Å²) in [5.41, 5.74) is -0.567. The van der Waals surface area contributed by atoms with Gasteiger partial charge in [-0.15, -0.1) is 0 Å². The van der Waals surface area contributed by atoms with Crippen LogP contribution in [0.2, 0.25) is 0 Å². The van der Waals surface area contributed by atoms with Gasteiger partial charge in [-0.3, -0.25) is 9.59 Å². The number of rotatable bonds is 12. The summed E-state index contributed by atoms with van der Waals surface area (Å²) < 4.78 is 0. The van der Waals surface area contributed by atoms with Gasteiger partial charge in [0.2, 0.25) is 0 Å². The van der Waals surface area contributed by atoms with E-state index in [9.17, 15) is 14.7 Å². The van der Waals surface area contributed by atoms with Gasteiger partial charge in [-0.05, 0) is 25.7 Å². The maximum absolute atomic E-state index is 11.5. The van der Waals surface area contributed by atoms with Gasteiger partial charge in [0.15, 0.2) is 0 Å². The molecule has 19 heavy (non-hydrogen) atoms. The lowest BCUT2D eigenvalue weighted by Gasteiger charge is -2.28. The average molecular weight is 272 g/mol. The first kappa shape index (κ1) is 17.9. The molecule has 0 amide bonds. The molecule has 0 bridgehead atoms. The molecule has 0 fully saturated rings. The van der Waals surface area contributed by atoms with Gasteiger partial charge in [-0.1, -0.05) is 46.0 Å². The van der Waals surface area contributed by atoms with Crippen molar-refractivity contribution in [3.8, 4) is 0 Å². The van der Waals surface area contributed by atoms with Crippen molar-refractivity contribution in [2.45, 2.75) is 78.1 Å². The second-order valence-electron chi connectivity index (χ2n) is 5.35. The lowest BCUT2D eigenvalue weighted by molar-refractivity contribution is -0.150. The van der Waals surface area contributed by atoms with Crippen LogP contribution in [0.1, 0.15) is 78.1 Å². The van der Waals surface area contributed by atoms with E-state index in [0.29, 0.717) is 19.3 Å². The highest BCUT2D eigenvalue weighted by atomic mass is 16.4. The van der Waals surface area contributed by atoms with Gasteiger partial charge in [-0.2, -0.15) is 0 Å². The topological polar surface area (TPSA) is 74.6 Å². The maximum Gasteiger partial charge on any atom is 0.309 e. The van der Waals surface area contributed by atoms with Crippen molar-refractivity contribution in [3.05, 3.63) is 0 Å². The average Bonchev–Trinajstić information content (AvgIpc) is 2.36. The molecule has 0 saturated carbocycles. The Kier molecular flexibility index (Phi) is 9.27.